The van der Waals surface area contributed by atoms with E-state index >= 15 is 0 Å². The molecule has 1 fully saturated rings. The number of benzene rings is 1. The quantitative estimate of drug-likeness (QED) is 0.902. The number of carbonyl (C=O) groups is 1. The Bertz CT molecular complexity index is 620. The summed E-state index contributed by atoms with van der Waals surface area (Å²) in [6.07, 6.45) is 1.05. The predicted molar refractivity (Wildman–Crippen MR) is 76.7 cm³/mol. The molecule has 3 rings (SSSR count). The highest BCUT2D eigenvalue weighted by atomic mass is 32.1. The molecule has 5 nitrogen and oxygen atoms in total. The van der Waals surface area contributed by atoms with Crippen molar-refractivity contribution in [3.05, 3.63) is 40.9 Å². The van der Waals surface area contributed by atoms with Crippen LogP contribution >= 0.6 is 11.3 Å². The Balaban J connectivity index is 1.82. The van der Waals surface area contributed by atoms with Gasteiger partial charge in [0.1, 0.15) is 11.1 Å². The zero-order valence-corrected chi connectivity index (χ0v) is 11.9. The summed E-state index contributed by atoms with van der Waals surface area (Å²) in [5, 5.41) is 21.3. The number of amides is 1. The van der Waals surface area contributed by atoms with Gasteiger partial charge in [-0.15, -0.1) is 10.2 Å². The Hall–Kier alpha value is -1.79. The number of rotatable bonds is 4. The molecule has 0 radical (unpaired) electrons. The van der Waals surface area contributed by atoms with Gasteiger partial charge in [-0.05, 0) is 25.3 Å². The van der Waals surface area contributed by atoms with E-state index in [1.165, 1.54) is 23.8 Å². The number of nitrogens with one attached hydrogen (secondary N) is 1. The summed E-state index contributed by atoms with van der Waals surface area (Å²) >= 11 is 1.38. The van der Waals surface area contributed by atoms with Gasteiger partial charge >= 0.3 is 0 Å². The third-order valence-corrected chi connectivity index (χ3v) is 4.56. The number of hydrogen-bond donors (Lipinski definition) is 2. The molecule has 0 unspecified atom stereocenters. The number of aliphatic hydroxyl groups is 1. The van der Waals surface area contributed by atoms with Gasteiger partial charge in [-0.3, -0.25) is 10.1 Å². The zero-order chi connectivity index (χ0) is 14.2. The lowest BCUT2D eigenvalue weighted by atomic mass is 9.97. The van der Waals surface area contributed by atoms with Gasteiger partial charge in [0.25, 0.3) is 5.91 Å². The Labute approximate surface area is 120 Å². The van der Waals surface area contributed by atoms with Gasteiger partial charge in [0, 0.05) is 5.41 Å². The average Bonchev–Trinajstić information content (AvgIpc) is 3.14. The van der Waals surface area contributed by atoms with Crippen molar-refractivity contribution in [3.8, 4) is 0 Å². The third kappa shape index (κ3) is 2.32. The van der Waals surface area contributed by atoms with Gasteiger partial charge in [0.05, 0.1) is 0 Å². The fourth-order valence-electron chi connectivity index (χ4n) is 2.19. The minimum absolute atomic E-state index is 0.0350. The van der Waals surface area contributed by atoms with Gasteiger partial charge in [0.15, 0.2) is 0 Å². The molecule has 1 atom stereocenters. The fourth-order valence-corrected chi connectivity index (χ4v) is 3.20. The second kappa shape index (κ2) is 4.96. The molecule has 6 heteroatoms. The maximum absolute atomic E-state index is 11.4. The molecule has 2 N–H and O–H groups in total. The van der Waals surface area contributed by atoms with Crippen LogP contribution in [0.3, 0.4) is 0 Å². The Morgan fingerprint density at radius 1 is 1.35 bits per heavy atom. The second-order valence-electron chi connectivity index (χ2n) is 5.03. The van der Waals surface area contributed by atoms with Crippen LogP contribution in [0.5, 0.6) is 0 Å². The van der Waals surface area contributed by atoms with E-state index < -0.39 is 12.0 Å². The summed E-state index contributed by atoms with van der Waals surface area (Å²) in [7, 11) is 0. The minimum atomic E-state index is -1.05. The number of nitrogens with zero attached hydrogens (tertiary/aromatic N) is 2. The van der Waals surface area contributed by atoms with Crippen LogP contribution in [0.2, 0.25) is 0 Å². The first kappa shape index (κ1) is 13.2. The van der Waals surface area contributed by atoms with Crippen molar-refractivity contribution in [2.75, 3.05) is 5.32 Å². The number of aliphatic hydroxyl groups excluding tert-OH is 1. The molecule has 1 aliphatic rings. The Morgan fingerprint density at radius 2 is 2.05 bits per heavy atom. The topological polar surface area (TPSA) is 75.1 Å². The van der Waals surface area contributed by atoms with Crippen molar-refractivity contribution >= 4 is 22.4 Å². The van der Waals surface area contributed by atoms with Crippen molar-refractivity contribution in [3.63, 3.8) is 0 Å². The summed E-state index contributed by atoms with van der Waals surface area (Å²) in [4.78, 5) is 11.4. The molecule has 0 aliphatic heterocycles. The second-order valence-corrected chi connectivity index (χ2v) is 6.00. The minimum Gasteiger partial charge on any atom is -0.384 e. The van der Waals surface area contributed by atoms with Crippen molar-refractivity contribution < 1.29 is 9.90 Å². The molecular formula is C14H15N3O2S. The molecular weight excluding hydrogens is 274 g/mol. The molecule has 1 aromatic heterocycles. The van der Waals surface area contributed by atoms with E-state index in [0.29, 0.717) is 5.13 Å². The van der Waals surface area contributed by atoms with Crippen LogP contribution < -0.4 is 5.32 Å². The summed E-state index contributed by atoms with van der Waals surface area (Å²) < 4.78 is 0. The van der Waals surface area contributed by atoms with Crippen LogP contribution in [0.25, 0.3) is 0 Å². The summed E-state index contributed by atoms with van der Waals surface area (Å²) in [5.41, 5.74) is 1.21. The average molecular weight is 289 g/mol. The summed E-state index contributed by atoms with van der Waals surface area (Å²) in [6.45, 7) is 1.42. The molecule has 0 bridgehead atoms. The first-order chi connectivity index (χ1) is 9.62. The standard InChI is InChI=1S/C14H15N3O2S/c1-9(18)11(19)15-13-17-16-12(20-13)14(7-8-14)10-5-3-2-4-6-10/h2-6,9,18H,7-8H2,1H3,(H,15,17,19)/t9-/m0/s1. The number of aromatic nitrogens is 2. The van der Waals surface area contributed by atoms with Gasteiger partial charge < -0.3 is 5.11 Å². The molecule has 20 heavy (non-hydrogen) atoms. The van der Waals surface area contributed by atoms with Crippen LogP contribution in [0.1, 0.15) is 30.3 Å². The fraction of sp³-hybridized carbons (Fsp3) is 0.357. The van der Waals surface area contributed by atoms with Crippen LogP contribution in [0, 0.1) is 0 Å². The summed E-state index contributed by atoms with van der Waals surface area (Å²) in [5.74, 6) is -0.461. The number of anilines is 1. The molecule has 1 aliphatic carbocycles. The van der Waals surface area contributed by atoms with Gasteiger partial charge in [0.2, 0.25) is 5.13 Å². The van der Waals surface area contributed by atoms with E-state index in [0.717, 1.165) is 17.8 Å². The Morgan fingerprint density at radius 3 is 2.65 bits per heavy atom. The van der Waals surface area contributed by atoms with Crippen molar-refractivity contribution in [2.45, 2.75) is 31.3 Å². The smallest absolute Gasteiger partial charge is 0.254 e. The predicted octanol–water partition coefficient (Wildman–Crippen LogP) is 1.94. The lowest BCUT2D eigenvalue weighted by Crippen LogP contribution is -2.24. The highest BCUT2D eigenvalue weighted by molar-refractivity contribution is 7.15. The lowest BCUT2D eigenvalue weighted by molar-refractivity contribution is -0.123. The lowest BCUT2D eigenvalue weighted by Gasteiger charge is -2.11. The van der Waals surface area contributed by atoms with E-state index in [4.69, 9.17) is 0 Å². The van der Waals surface area contributed by atoms with Crippen molar-refractivity contribution in [1.29, 1.82) is 0 Å². The van der Waals surface area contributed by atoms with Gasteiger partial charge in [-0.25, -0.2) is 0 Å². The highest BCUT2D eigenvalue weighted by Gasteiger charge is 2.48. The van der Waals surface area contributed by atoms with E-state index in [-0.39, 0.29) is 5.41 Å². The maximum atomic E-state index is 11.4. The SMILES string of the molecule is C[C@H](O)C(=O)Nc1nnc(C2(c3ccccc3)CC2)s1. The normalized spacial score (nSPS) is 17.5. The molecule has 1 heterocycles. The molecule has 1 saturated carbocycles. The summed E-state index contributed by atoms with van der Waals surface area (Å²) in [6, 6.07) is 10.2. The first-order valence-electron chi connectivity index (χ1n) is 6.50. The van der Waals surface area contributed by atoms with Gasteiger partial charge in [-0.2, -0.15) is 0 Å². The first-order valence-corrected chi connectivity index (χ1v) is 7.32. The molecule has 1 aromatic carbocycles. The van der Waals surface area contributed by atoms with Crippen molar-refractivity contribution in [2.24, 2.45) is 0 Å². The van der Waals surface area contributed by atoms with Gasteiger partial charge in [-0.1, -0.05) is 41.7 Å². The highest BCUT2D eigenvalue weighted by Crippen LogP contribution is 2.54. The van der Waals surface area contributed by atoms with Crippen LogP contribution in [-0.2, 0) is 10.2 Å². The van der Waals surface area contributed by atoms with Crippen LogP contribution in [-0.4, -0.2) is 27.3 Å². The molecule has 0 saturated heterocycles. The van der Waals surface area contributed by atoms with E-state index in [2.05, 4.69) is 27.6 Å². The van der Waals surface area contributed by atoms with E-state index in [1.807, 2.05) is 18.2 Å². The van der Waals surface area contributed by atoms with Crippen molar-refractivity contribution in [1.82, 2.24) is 10.2 Å². The van der Waals surface area contributed by atoms with E-state index in [9.17, 15) is 9.90 Å². The number of carbonyl (C=O) groups excluding carboxylic acids is 1. The largest absolute Gasteiger partial charge is 0.384 e. The maximum Gasteiger partial charge on any atom is 0.254 e. The van der Waals surface area contributed by atoms with E-state index in [1.54, 1.807) is 0 Å². The monoisotopic (exact) mass is 289 g/mol. The van der Waals surface area contributed by atoms with Crippen LogP contribution in [0.15, 0.2) is 30.3 Å². The molecule has 1 amide bonds. The number of hydrogen-bond acceptors (Lipinski definition) is 5. The van der Waals surface area contributed by atoms with Crippen LogP contribution in [0.4, 0.5) is 5.13 Å². The Kier molecular flexibility index (Phi) is 3.27. The zero-order valence-electron chi connectivity index (χ0n) is 11.0. The molecule has 0 spiro atoms. The molecule has 2 aromatic rings. The third-order valence-electron chi connectivity index (χ3n) is 3.52. The molecule has 104 valence electrons.